The predicted molar refractivity (Wildman–Crippen MR) is 78.8 cm³/mol. The summed E-state index contributed by atoms with van der Waals surface area (Å²) in [5.41, 5.74) is 7.82. The summed E-state index contributed by atoms with van der Waals surface area (Å²) in [4.78, 5) is 12.0. The van der Waals surface area contributed by atoms with E-state index >= 15 is 0 Å². The highest BCUT2D eigenvalue weighted by Crippen LogP contribution is 2.17. The van der Waals surface area contributed by atoms with E-state index in [1.807, 2.05) is 25.1 Å². The molecular weight excluding hydrogens is 252 g/mol. The Hall–Kier alpha value is -2.33. The molecule has 0 aliphatic heterocycles. The number of rotatable bonds is 4. The van der Waals surface area contributed by atoms with Gasteiger partial charge < -0.3 is 16.2 Å². The van der Waals surface area contributed by atoms with Crippen molar-refractivity contribution in [3.05, 3.63) is 65.7 Å². The molecule has 1 amide bonds. The molecule has 20 heavy (non-hydrogen) atoms. The zero-order valence-electron chi connectivity index (χ0n) is 11.3. The fourth-order valence-corrected chi connectivity index (χ4v) is 1.95. The van der Waals surface area contributed by atoms with Crippen LogP contribution in [-0.2, 0) is 4.79 Å². The lowest BCUT2D eigenvalue weighted by atomic mass is 10.1. The molecule has 0 aromatic heterocycles. The number of benzene rings is 2. The van der Waals surface area contributed by atoms with Gasteiger partial charge in [-0.2, -0.15) is 0 Å². The molecule has 0 saturated carbocycles. The number of carbonyl (C=O) groups excluding carboxylic acids is 1. The summed E-state index contributed by atoms with van der Waals surface area (Å²) in [5.74, 6) is -0.416. The topological polar surface area (TPSA) is 75.3 Å². The van der Waals surface area contributed by atoms with Gasteiger partial charge in [-0.05, 0) is 30.2 Å². The molecule has 4 N–H and O–H groups in total. The molecule has 0 fully saturated rings. The van der Waals surface area contributed by atoms with Gasteiger partial charge in [0.15, 0.2) is 6.10 Å². The quantitative estimate of drug-likeness (QED) is 0.745. The molecule has 0 saturated heterocycles. The van der Waals surface area contributed by atoms with Crippen LogP contribution in [0.2, 0.25) is 0 Å². The van der Waals surface area contributed by atoms with Crippen molar-refractivity contribution in [1.82, 2.24) is 5.32 Å². The van der Waals surface area contributed by atoms with Crippen LogP contribution >= 0.6 is 0 Å². The maximum Gasteiger partial charge on any atom is 0.253 e. The Morgan fingerprint density at radius 3 is 2.25 bits per heavy atom. The molecule has 0 spiro atoms. The van der Waals surface area contributed by atoms with E-state index < -0.39 is 12.0 Å². The van der Waals surface area contributed by atoms with Crippen molar-refractivity contribution < 1.29 is 9.90 Å². The first-order valence-corrected chi connectivity index (χ1v) is 6.47. The van der Waals surface area contributed by atoms with Gasteiger partial charge in [0.1, 0.15) is 0 Å². The minimum atomic E-state index is -1.16. The van der Waals surface area contributed by atoms with Crippen molar-refractivity contribution in [2.45, 2.75) is 19.1 Å². The van der Waals surface area contributed by atoms with Gasteiger partial charge in [0.05, 0.1) is 6.04 Å². The van der Waals surface area contributed by atoms with Crippen molar-refractivity contribution >= 4 is 11.6 Å². The lowest BCUT2D eigenvalue weighted by molar-refractivity contribution is -0.130. The van der Waals surface area contributed by atoms with Crippen molar-refractivity contribution in [1.29, 1.82) is 0 Å². The standard InChI is InChI=1S/C16H18N2O2/c1-11(12-7-9-14(17)10-8-12)18-16(20)15(19)13-5-3-2-4-6-13/h2-11,15,19H,17H2,1H3,(H,18,20). The minimum absolute atomic E-state index is 0.193. The van der Waals surface area contributed by atoms with Crippen LogP contribution in [0.15, 0.2) is 54.6 Å². The normalized spacial score (nSPS) is 13.5. The lowest BCUT2D eigenvalue weighted by Gasteiger charge is -2.17. The van der Waals surface area contributed by atoms with Crippen LogP contribution < -0.4 is 11.1 Å². The second-order valence-electron chi connectivity index (χ2n) is 4.71. The Kier molecular flexibility index (Phi) is 4.38. The van der Waals surface area contributed by atoms with Crippen LogP contribution in [0.4, 0.5) is 5.69 Å². The molecule has 0 aliphatic rings. The third-order valence-corrected chi connectivity index (χ3v) is 3.16. The van der Waals surface area contributed by atoms with E-state index in [2.05, 4.69) is 5.32 Å². The van der Waals surface area contributed by atoms with E-state index in [1.165, 1.54) is 0 Å². The number of anilines is 1. The van der Waals surface area contributed by atoms with Gasteiger partial charge in [-0.1, -0.05) is 42.5 Å². The average molecular weight is 270 g/mol. The lowest BCUT2D eigenvalue weighted by Crippen LogP contribution is -2.31. The Bertz CT molecular complexity index is 567. The molecule has 4 nitrogen and oxygen atoms in total. The largest absolute Gasteiger partial charge is 0.399 e. The van der Waals surface area contributed by atoms with Gasteiger partial charge in [0.2, 0.25) is 0 Å². The van der Waals surface area contributed by atoms with Gasteiger partial charge in [0, 0.05) is 5.69 Å². The fraction of sp³-hybridized carbons (Fsp3) is 0.188. The number of carbonyl (C=O) groups is 1. The van der Waals surface area contributed by atoms with Crippen LogP contribution in [0.25, 0.3) is 0 Å². The van der Waals surface area contributed by atoms with Gasteiger partial charge in [-0.15, -0.1) is 0 Å². The number of nitrogens with two attached hydrogens (primary N) is 1. The SMILES string of the molecule is CC(NC(=O)C(O)c1ccccc1)c1ccc(N)cc1. The van der Waals surface area contributed by atoms with Crippen LogP contribution in [0, 0.1) is 0 Å². The monoisotopic (exact) mass is 270 g/mol. The highest BCUT2D eigenvalue weighted by atomic mass is 16.3. The van der Waals surface area contributed by atoms with E-state index in [1.54, 1.807) is 36.4 Å². The second-order valence-corrected chi connectivity index (χ2v) is 4.71. The van der Waals surface area contributed by atoms with Crippen LogP contribution in [-0.4, -0.2) is 11.0 Å². The number of aliphatic hydroxyl groups excluding tert-OH is 1. The number of nitrogens with one attached hydrogen (secondary N) is 1. The first-order valence-electron chi connectivity index (χ1n) is 6.47. The molecule has 2 aromatic rings. The average Bonchev–Trinajstić information content (AvgIpc) is 2.48. The van der Waals surface area contributed by atoms with E-state index in [0.29, 0.717) is 11.3 Å². The smallest absolute Gasteiger partial charge is 0.253 e. The molecule has 2 aromatic carbocycles. The summed E-state index contributed by atoms with van der Waals surface area (Å²) in [6.45, 7) is 1.86. The number of nitrogen functional groups attached to an aromatic ring is 1. The molecule has 0 radical (unpaired) electrons. The summed E-state index contributed by atoms with van der Waals surface area (Å²) in [5, 5.41) is 12.8. The molecule has 0 aliphatic carbocycles. The van der Waals surface area contributed by atoms with Gasteiger partial charge in [-0.3, -0.25) is 4.79 Å². The highest BCUT2D eigenvalue weighted by molar-refractivity contribution is 5.82. The highest BCUT2D eigenvalue weighted by Gasteiger charge is 2.19. The van der Waals surface area contributed by atoms with Gasteiger partial charge in [0.25, 0.3) is 5.91 Å². The van der Waals surface area contributed by atoms with Gasteiger partial charge in [-0.25, -0.2) is 0 Å². The summed E-state index contributed by atoms with van der Waals surface area (Å²) in [7, 11) is 0. The maximum atomic E-state index is 12.0. The first kappa shape index (κ1) is 14.1. The van der Waals surface area contributed by atoms with E-state index in [4.69, 9.17) is 5.73 Å². The number of hydrogen-bond donors (Lipinski definition) is 3. The molecule has 0 heterocycles. The van der Waals surface area contributed by atoms with Gasteiger partial charge >= 0.3 is 0 Å². The molecule has 104 valence electrons. The fourth-order valence-electron chi connectivity index (χ4n) is 1.95. The number of amides is 1. The summed E-state index contributed by atoms with van der Waals surface area (Å²) in [6.07, 6.45) is -1.16. The Morgan fingerprint density at radius 2 is 1.65 bits per heavy atom. The zero-order valence-corrected chi connectivity index (χ0v) is 11.3. The molecule has 4 heteroatoms. The predicted octanol–water partition coefficient (Wildman–Crippen LogP) is 2.18. The second kappa shape index (κ2) is 6.21. The molecular formula is C16H18N2O2. The van der Waals surface area contributed by atoms with E-state index in [0.717, 1.165) is 5.56 Å². The Morgan fingerprint density at radius 1 is 1.05 bits per heavy atom. The van der Waals surface area contributed by atoms with Crippen molar-refractivity contribution in [3.8, 4) is 0 Å². The summed E-state index contributed by atoms with van der Waals surface area (Å²) >= 11 is 0. The van der Waals surface area contributed by atoms with E-state index in [-0.39, 0.29) is 6.04 Å². The van der Waals surface area contributed by atoms with Crippen molar-refractivity contribution in [3.63, 3.8) is 0 Å². The van der Waals surface area contributed by atoms with Crippen molar-refractivity contribution in [2.24, 2.45) is 0 Å². The first-order chi connectivity index (χ1) is 9.58. The molecule has 2 atom stereocenters. The molecule has 0 bridgehead atoms. The third kappa shape index (κ3) is 3.36. The number of aliphatic hydroxyl groups is 1. The Labute approximate surface area is 118 Å². The summed E-state index contributed by atoms with van der Waals surface area (Å²) < 4.78 is 0. The molecule has 2 rings (SSSR count). The zero-order chi connectivity index (χ0) is 14.5. The van der Waals surface area contributed by atoms with Crippen LogP contribution in [0.5, 0.6) is 0 Å². The van der Waals surface area contributed by atoms with Crippen molar-refractivity contribution in [2.75, 3.05) is 5.73 Å². The minimum Gasteiger partial charge on any atom is -0.399 e. The van der Waals surface area contributed by atoms with E-state index in [9.17, 15) is 9.90 Å². The maximum absolute atomic E-state index is 12.0. The van der Waals surface area contributed by atoms with Crippen LogP contribution in [0.3, 0.4) is 0 Å². The Balaban J connectivity index is 2.02. The van der Waals surface area contributed by atoms with Crippen LogP contribution in [0.1, 0.15) is 30.2 Å². The molecule has 2 unspecified atom stereocenters. The number of hydrogen-bond acceptors (Lipinski definition) is 3. The summed E-state index contributed by atoms with van der Waals surface area (Å²) in [6, 6.07) is 15.9. The third-order valence-electron chi connectivity index (χ3n) is 3.16.